The topological polar surface area (TPSA) is 38.3 Å². The zero-order chi connectivity index (χ0) is 12.3. The highest BCUT2D eigenvalue weighted by molar-refractivity contribution is 6.33. The van der Waals surface area contributed by atoms with Gasteiger partial charge in [0.2, 0.25) is 0 Å². The Morgan fingerprint density at radius 3 is 2.94 bits per heavy atom. The molecule has 1 unspecified atom stereocenters. The summed E-state index contributed by atoms with van der Waals surface area (Å²) in [5, 5.41) is 3.84. The summed E-state index contributed by atoms with van der Waals surface area (Å²) >= 11 is 6.10. The predicted molar refractivity (Wildman–Crippen MR) is 67.6 cm³/mol. The van der Waals surface area contributed by atoms with Crippen LogP contribution in [0, 0.1) is 0 Å². The van der Waals surface area contributed by atoms with Crippen molar-refractivity contribution in [3.05, 3.63) is 34.3 Å². The Labute approximate surface area is 106 Å². The number of carbonyl (C=O) groups is 1. The number of halogens is 1. The van der Waals surface area contributed by atoms with Gasteiger partial charge in [-0.2, -0.15) is 0 Å². The SMILES string of the molecule is COC(=O)c1ccc(C2CCCNC2)cc1Cl. The van der Waals surface area contributed by atoms with Crippen molar-refractivity contribution in [2.45, 2.75) is 18.8 Å². The average Bonchev–Trinajstić information content (AvgIpc) is 2.39. The van der Waals surface area contributed by atoms with Crippen LogP contribution in [0.5, 0.6) is 0 Å². The van der Waals surface area contributed by atoms with Gasteiger partial charge in [0.05, 0.1) is 17.7 Å². The molecular weight excluding hydrogens is 238 g/mol. The van der Waals surface area contributed by atoms with Gasteiger partial charge in [0.1, 0.15) is 0 Å². The van der Waals surface area contributed by atoms with E-state index in [1.807, 2.05) is 12.1 Å². The summed E-state index contributed by atoms with van der Waals surface area (Å²) in [4.78, 5) is 11.4. The van der Waals surface area contributed by atoms with E-state index in [0.29, 0.717) is 16.5 Å². The lowest BCUT2D eigenvalue weighted by Crippen LogP contribution is -2.28. The van der Waals surface area contributed by atoms with Crippen molar-refractivity contribution in [1.82, 2.24) is 5.32 Å². The molecule has 17 heavy (non-hydrogen) atoms. The Morgan fingerprint density at radius 1 is 1.53 bits per heavy atom. The fourth-order valence-electron chi connectivity index (χ4n) is 2.20. The molecule has 1 heterocycles. The summed E-state index contributed by atoms with van der Waals surface area (Å²) in [6.45, 7) is 2.07. The predicted octanol–water partition coefficient (Wildman–Crippen LogP) is 2.59. The molecule has 1 aromatic rings. The molecule has 0 spiro atoms. The summed E-state index contributed by atoms with van der Waals surface area (Å²) in [6, 6.07) is 5.60. The third-order valence-corrected chi connectivity index (χ3v) is 3.48. The highest BCUT2D eigenvalue weighted by Crippen LogP contribution is 2.27. The van der Waals surface area contributed by atoms with E-state index in [-0.39, 0.29) is 5.97 Å². The second kappa shape index (κ2) is 5.52. The van der Waals surface area contributed by atoms with Crippen LogP contribution in [0.15, 0.2) is 18.2 Å². The Morgan fingerprint density at radius 2 is 2.35 bits per heavy atom. The fraction of sp³-hybridized carbons (Fsp3) is 0.462. The van der Waals surface area contributed by atoms with Gasteiger partial charge in [-0.15, -0.1) is 0 Å². The highest BCUT2D eigenvalue weighted by atomic mass is 35.5. The Balaban J connectivity index is 2.20. The molecule has 4 heteroatoms. The molecule has 92 valence electrons. The number of methoxy groups -OCH3 is 1. The first-order chi connectivity index (χ1) is 8.22. The quantitative estimate of drug-likeness (QED) is 0.824. The van der Waals surface area contributed by atoms with Crippen LogP contribution in [0.4, 0.5) is 0 Å². The minimum atomic E-state index is -0.386. The third-order valence-electron chi connectivity index (χ3n) is 3.17. The van der Waals surface area contributed by atoms with Crippen molar-refractivity contribution >= 4 is 17.6 Å². The number of rotatable bonds is 2. The molecule has 0 bridgehead atoms. The summed E-state index contributed by atoms with van der Waals surface area (Å²) < 4.78 is 4.67. The second-order valence-electron chi connectivity index (χ2n) is 4.27. The highest BCUT2D eigenvalue weighted by Gasteiger charge is 2.17. The Hall–Kier alpha value is -1.06. The van der Waals surface area contributed by atoms with Gasteiger partial charge in [-0.25, -0.2) is 4.79 Å². The molecule has 1 N–H and O–H groups in total. The average molecular weight is 254 g/mol. The molecule has 1 aliphatic heterocycles. The van der Waals surface area contributed by atoms with Gasteiger partial charge in [0, 0.05) is 6.54 Å². The molecule has 1 fully saturated rings. The maximum absolute atomic E-state index is 11.4. The van der Waals surface area contributed by atoms with Crippen LogP contribution >= 0.6 is 11.6 Å². The van der Waals surface area contributed by atoms with E-state index in [1.54, 1.807) is 6.07 Å². The molecule has 0 amide bonds. The molecule has 1 aromatic carbocycles. The van der Waals surface area contributed by atoms with Crippen LogP contribution in [0.1, 0.15) is 34.7 Å². The molecule has 1 aliphatic rings. The molecule has 0 aromatic heterocycles. The van der Waals surface area contributed by atoms with Gasteiger partial charge in [0.25, 0.3) is 0 Å². The lowest BCUT2D eigenvalue weighted by molar-refractivity contribution is 0.0601. The van der Waals surface area contributed by atoms with Gasteiger partial charge in [-0.1, -0.05) is 17.7 Å². The van der Waals surface area contributed by atoms with E-state index in [1.165, 1.54) is 25.5 Å². The van der Waals surface area contributed by atoms with Crippen molar-refractivity contribution in [3.8, 4) is 0 Å². The second-order valence-corrected chi connectivity index (χ2v) is 4.68. The van der Waals surface area contributed by atoms with Crippen molar-refractivity contribution in [3.63, 3.8) is 0 Å². The summed E-state index contributed by atoms with van der Waals surface area (Å²) in [5.41, 5.74) is 1.62. The monoisotopic (exact) mass is 253 g/mol. The lowest BCUT2D eigenvalue weighted by Gasteiger charge is -2.23. The van der Waals surface area contributed by atoms with Gasteiger partial charge in [-0.05, 0) is 43.0 Å². The normalized spacial score (nSPS) is 20.0. The number of carbonyl (C=O) groups excluding carboxylic acids is 1. The Kier molecular flexibility index (Phi) is 4.02. The fourth-order valence-corrected chi connectivity index (χ4v) is 2.46. The number of benzene rings is 1. The third kappa shape index (κ3) is 2.79. The zero-order valence-electron chi connectivity index (χ0n) is 9.83. The van der Waals surface area contributed by atoms with Gasteiger partial charge in [-0.3, -0.25) is 0 Å². The molecule has 2 rings (SSSR count). The van der Waals surface area contributed by atoms with Crippen molar-refractivity contribution in [2.75, 3.05) is 20.2 Å². The van der Waals surface area contributed by atoms with Crippen LogP contribution < -0.4 is 5.32 Å². The zero-order valence-corrected chi connectivity index (χ0v) is 10.6. The maximum Gasteiger partial charge on any atom is 0.339 e. The summed E-state index contributed by atoms with van der Waals surface area (Å²) in [5.74, 6) is 0.108. The smallest absolute Gasteiger partial charge is 0.339 e. The van der Waals surface area contributed by atoms with Crippen LogP contribution in [0.25, 0.3) is 0 Å². The molecule has 0 saturated carbocycles. The number of ether oxygens (including phenoxy) is 1. The standard InChI is InChI=1S/C13H16ClNO2/c1-17-13(16)11-5-4-9(7-12(11)14)10-3-2-6-15-8-10/h4-5,7,10,15H,2-3,6,8H2,1H3. The molecular formula is C13H16ClNO2. The molecule has 3 nitrogen and oxygen atoms in total. The van der Waals surface area contributed by atoms with E-state index in [2.05, 4.69) is 10.1 Å². The summed E-state index contributed by atoms with van der Waals surface area (Å²) in [6.07, 6.45) is 2.35. The first-order valence-corrected chi connectivity index (χ1v) is 6.18. The van der Waals surface area contributed by atoms with E-state index >= 15 is 0 Å². The van der Waals surface area contributed by atoms with Crippen LogP contribution in [0.3, 0.4) is 0 Å². The van der Waals surface area contributed by atoms with Gasteiger partial charge < -0.3 is 10.1 Å². The van der Waals surface area contributed by atoms with E-state index < -0.39 is 0 Å². The van der Waals surface area contributed by atoms with Crippen LogP contribution in [-0.2, 0) is 4.74 Å². The number of hydrogen-bond acceptors (Lipinski definition) is 3. The number of nitrogens with one attached hydrogen (secondary N) is 1. The molecule has 0 radical (unpaired) electrons. The molecule has 0 aliphatic carbocycles. The minimum absolute atomic E-state index is 0.386. The first kappa shape index (κ1) is 12.4. The van der Waals surface area contributed by atoms with E-state index in [9.17, 15) is 4.79 Å². The van der Waals surface area contributed by atoms with Crippen molar-refractivity contribution in [2.24, 2.45) is 0 Å². The van der Waals surface area contributed by atoms with E-state index in [0.717, 1.165) is 13.1 Å². The number of esters is 1. The van der Waals surface area contributed by atoms with Crippen molar-refractivity contribution < 1.29 is 9.53 Å². The minimum Gasteiger partial charge on any atom is -0.465 e. The van der Waals surface area contributed by atoms with E-state index in [4.69, 9.17) is 11.6 Å². The largest absolute Gasteiger partial charge is 0.465 e. The molecule has 1 saturated heterocycles. The molecule has 1 atom stereocenters. The first-order valence-electron chi connectivity index (χ1n) is 5.81. The number of piperidine rings is 1. The van der Waals surface area contributed by atoms with Gasteiger partial charge in [0.15, 0.2) is 0 Å². The lowest BCUT2D eigenvalue weighted by atomic mass is 9.91. The maximum atomic E-state index is 11.4. The summed E-state index contributed by atoms with van der Waals surface area (Å²) in [7, 11) is 1.36. The van der Waals surface area contributed by atoms with Crippen LogP contribution in [0.2, 0.25) is 5.02 Å². The van der Waals surface area contributed by atoms with Crippen molar-refractivity contribution in [1.29, 1.82) is 0 Å². The van der Waals surface area contributed by atoms with Crippen LogP contribution in [-0.4, -0.2) is 26.2 Å². The van der Waals surface area contributed by atoms with Gasteiger partial charge >= 0.3 is 5.97 Å². The Bertz CT molecular complexity index is 414. The number of hydrogen-bond donors (Lipinski definition) is 1.